The fraction of sp³-hybridized carbons (Fsp3) is 0.250. The van der Waals surface area contributed by atoms with Crippen molar-refractivity contribution >= 4 is 15.9 Å². The van der Waals surface area contributed by atoms with Gasteiger partial charge in [-0.1, -0.05) is 33.6 Å². The van der Waals surface area contributed by atoms with Crippen molar-refractivity contribution in [1.29, 1.82) is 0 Å². The Hall–Kier alpha value is -1.48. The predicted molar refractivity (Wildman–Crippen MR) is 78.9 cm³/mol. The summed E-state index contributed by atoms with van der Waals surface area (Å²) in [6.45, 7) is 2.68. The summed E-state index contributed by atoms with van der Waals surface area (Å²) >= 11 is 3.41. The topological polar surface area (TPSA) is 18.5 Å². The molecule has 0 aliphatic carbocycles. The van der Waals surface area contributed by atoms with E-state index < -0.39 is 0 Å². The fourth-order valence-electron chi connectivity index (χ4n) is 2.26. The number of hydrogen-bond donors (Lipinski definition) is 0. The second-order valence-corrected chi connectivity index (χ2v) is 5.74. The van der Waals surface area contributed by atoms with Crippen molar-refractivity contribution in [2.45, 2.75) is 19.4 Å². The number of aryl methyl sites for hydroxylation is 1. The smallest absolute Gasteiger partial charge is 0.137 e. The van der Waals surface area contributed by atoms with E-state index in [-0.39, 0.29) is 6.10 Å². The second kappa shape index (κ2) is 5.25. The molecule has 0 amide bonds. The molecule has 0 bridgehead atoms. The van der Waals surface area contributed by atoms with Crippen molar-refractivity contribution in [3.8, 4) is 11.5 Å². The molecule has 98 valence electrons. The molecular formula is C16H15BrO2. The monoisotopic (exact) mass is 318 g/mol. The van der Waals surface area contributed by atoms with E-state index in [1.54, 1.807) is 0 Å². The number of rotatable bonds is 3. The highest BCUT2D eigenvalue weighted by Gasteiger charge is 2.23. The van der Waals surface area contributed by atoms with Gasteiger partial charge in [0, 0.05) is 10.9 Å². The van der Waals surface area contributed by atoms with Crippen LogP contribution in [0.25, 0.3) is 0 Å². The molecule has 1 heterocycles. The van der Waals surface area contributed by atoms with Gasteiger partial charge in [0.1, 0.15) is 24.2 Å². The molecule has 3 rings (SSSR count). The fourth-order valence-corrected chi connectivity index (χ4v) is 2.53. The lowest BCUT2D eigenvalue weighted by Gasteiger charge is -2.12. The third-order valence-corrected chi connectivity index (χ3v) is 3.74. The second-order valence-electron chi connectivity index (χ2n) is 4.82. The molecule has 0 radical (unpaired) electrons. The molecule has 2 aromatic carbocycles. The summed E-state index contributed by atoms with van der Waals surface area (Å²) in [6.07, 6.45) is 1.04. The Morgan fingerprint density at radius 1 is 1.21 bits per heavy atom. The van der Waals surface area contributed by atoms with Gasteiger partial charge in [-0.2, -0.15) is 0 Å². The van der Waals surface area contributed by atoms with Crippen molar-refractivity contribution in [3.05, 3.63) is 58.1 Å². The van der Waals surface area contributed by atoms with E-state index in [0.717, 1.165) is 22.4 Å². The average molecular weight is 319 g/mol. The van der Waals surface area contributed by atoms with Crippen LogP contribution in [0.4, 0.5) is 0 Å². The number of hydrogen-bond acceptors (Lipinski definition) is 2. The number of benzene rings is 2. The van der Waals surface area contributed by atoms with Gasteiger partial charge in [-0.25, -0.2) is 0 Å². The highest BCUT2D eigenvalue weighted by atomic mass is 79.9. The molecule has 1 unspecified atom stereocenters. The molecule has 0 fully saturated rings. The maximum absolute atomic E-state index is 5.87. The average Bonchev–Trinajstić information content (AvgIpc) is 2.80. The van der Waals surface area contributed by atoms with E-state index in [4.69, 9.17) is 9.47 Å². The van der Waals surface area contributed by atoms with Gasteiger partial charge in [-0.3, -0.25) is 0 Å². The van der Waals surface area contributed by atoms with Crippen LogP contribution in [0.1, 0.15) is 11.1 Å². The van der Waals surface area contributed by atoms with E-state index in [0.29, 0.717) is 6.61 Å². The standard InChI is InChI=1S/C16H15BrO2/c1-11-2-7-16-12(8-11)9-15(19-16)10-18-14-5-3-13(17)4-6-14/h2-8,15H,9-10H2,1H3. The zero-order valence-corrected chi connectivity index (χ0v) is 12.3. The van der Waals surface area contributed by atoms with E-state index in [9.17, 15) is 0 Å². The Labute approximate surface area is 121 Å². The highest BCUT2D eigenvalue weighted by Crippen LogP contribution is 2.29. The van der Waals surface area contributed by atoms with Gasteiger partial charge in [0.25, 0.3) is 0 Å². The van der Waals surface area contributed by atoms with Crippen molar-refractivity contribution in [2.75, 3.05) is 6.61 Å². The van der Waals surface area contributed by atoms with E-state index >= 15 is 0 Å². The van der Waals surface area contributed by atoms with Crippen LogP contribution in [0, 0.1) is 6.92 Å². The van der Waals surface area contributed by atoms with Gasteiger partial charge in [0.2, 0.25) is 0 Å². The SMILES string of the molecule is Cc1ccc2c(c1)CC(COc1ccc(Br)cc1)O2. The van der Waals surface area contributed by atoms with Gasteiger partial charge < -0.3 is 9.47 Å². The maximum atomic E-state index is 5.87. The minimum atomic E-state index is 0.112. The molecule has 0 saturated carbocycles. The first-order chi connectivity index (χ1) is 9.20. The number of fused-ring (bicyclic) bond motifs is 1. The van der Waals surface area contributed by atoms with E-state index in [2.05, 4.69) is 35.0 Å². The zero-order chi connectivity index (χ0) is 13.2. The molecule has 0 saturated heterocycles. The lowest BCUT2D eigenvalue weighted by atomic mass is 10.1. The Morgan fingerprint density at radius 2 is 2.00 bits per heavy atom. The molecule has 0 spiro atoms. The van der Waals surface area contributed by atoms with Gasteiger partial charge in [0.05, 0.1) is 0 Å². The maximum Gasteiger partial charge on any atom is 0.137 e. The van der Waals surface area contributed by atoms with Gasteiger partial charge in [0.15, 0.2) is 0 Å². The summed E-state index contributed by atoms with van der Waals surface area (Å²) in [6, 6.07) is 14.2. The van der Waals surface area contributed by atoms with Crippen LogP contribution < -0.4 is 9.47 Å². The molecule has 1 aliphatic rings. The minimum absolute atomic E-state index is 0.112. The minimum Gasteiger partial charge on any atom is -0.490 e. The Bertz CT molecular complexity index is 578. The first-order valence-corrected chi connectivity index (χ1v) is 7.14. The van der Waals surface area contributed by atoms with Gasteiger partial charge >= 0.3 is 0 Å². The molecule has 3 heteroatoms. The largest absolute Gasteiger partial charge is 0.490 e. The summed E-state index contributed by atoms with van der Waals surface area (Å²) in [5, 5.41) is 0. The summed E-state index contributed by atoms with van der Waals surface area (Å²) in [7, 11) is 0. The highest BCUT2D eigenvalue weighted by molar-refractivity contribution is 9.10. The molecule has 0 N–H and O–H groups in total. The van der Waals surface area contributed by atoms with Crippen LogP contribution in [0.3, 0.4) is 0 Å². The Balaban J connectivity index is 1.60. The van der Waals surface area contributed by atoms with Crippen LogP contribution in [0.5, 0.6) is 11.5 Å². The van der Waals surface area contributed by atoms with Crippen molar-refractivity contribution in [2.24, 2.45) is 0 Å². The third-order valence-electron chi connectivity index (χ3n) is 3.21. The van der Waals surface area contributed by atoms with Gasteiger partial charge in [-0.05, 0) is 42.8 Å². The lowest BCUT2D eigenvalue weighted by molar-refractivity contribution is 0.148. The first kappa shape index (κ1) is 12.5. The first-order valence-electron chi connectivity index (χ1n) is 6.35. The summed E-state index contributed by atoms with van der Waals surface area (Å²) in [5.41, 5.74) is 2.56. The summed E-state index contributed by atoms with van der Waals surface area (Å²) in [4.78, 5) is 0. The molecular weight excluding hydrogens is 304 g/mol. The predicted octanol–water partition coefficient (Wildman–Crippen LogP) is 4.14. The third kappa shape index (κ3) is 2.92. The van der Waals surface area contributed by atoms with Gasteiger partial charge in [-0.15, -0.1) is 0 Å². The molecule has 19 heavy (non-hydrogen) atoms. The van der Waals surface area contributed by atoms with Crippen molar-refractivity contribution in [1.82, 2.24) is 0 Å². The Morgan fingerprint density at radius 3 is 2.79 bits per heavy atom. The van der Waals surface area contributed by atoms with Crippen LogP contribution >= 0.6 is 15.9 Å². The molecule has 2 nitrogen and oxygen atoms in total. The Kier molecular flexibility index (Phi) is 3.47. The van der Waals surface area contributed by atoms with Crippen molar-refractivity contribution < 1.29 is 9.47 Å². The van der Waals surface area contributed by atoms with Crippen LogP contribution in [-0.2, 0) is 6.42 Å². The van der Waals surface area contributed by atoms with E-state index in [1.807, 2.05) is 30.3 Å². The van der Waals surface area contributed by atoms with Crippen LogP contribution in [-0.4, -0.2) is 12.7 Å². The molecule has 2 aromatic rings. The van der Waals surface area contributed by atoms with Crippen LogP contribution in [0.2, 0.25) is 0 Å². The molecule has 1 atom stereocenters. The molecule has 0 aromatic heterocycles. The normalized spacial score (nSPS) is 16.8. The molecule has 1 aliphatic heterocycles. The van der Waals surface area contributed by atoms with Crippen LogP contribution in [0.15, 0.2) is 46.9 Å². The van der Waals surface area contributed by atoms with Crippen molar-refractivity contribution in [3.63, 3.8) is 0 Å². The summed E-state index contributed by atoms with van der Waals surface area (Å²) in [5.74, 6) is 1.87. The number of ether oxygens (including phenoxy) is 2. The lowest BCUT2D eigenvalue weighted by Crippen LogP contribution is -2.22. The number of halogens is 1. The summed E-state index contributed by atoms with van der Waals surface area (Å²) < 4.78 is 12.7. The quantitative estimate of drug-likeness (QED) is 0.846. The van der Waals surface area contributed by atoms with E-state index in [1.165, 1.54) is 11.1 Å². The zero-order valence-electron chi connectivity index (χ0n) is 10.7.